The summed E-state index contributed by atoms with van der Waals surface area (Å²) in [5.74, 6) is 1.77. The monoisotopic (exact) mass is 370 g/mol. The lowest BCUT2D eigenvalue weighted by Gasteiger charge is -2.12. The highest BCUT2D eigenvalue weighted by Gasteiger charge is 2.12. The van der Waals surface area contributed by atoms with E-state index in [0.29, 0.717) is 30.3 Å². The van der Waals surface area contributed by atoms with Crippen LogP contribution in [0.1, 0.15) is 18.2 Å². The molecule has 2 aromatic heterocycles. The Morgan fingerprint density at radius 2 is 2.11 bits per heavy atom. The number of benzene rings is 1. The molecule has 27 heavy (non-hydrogen) atoms. The van der Waals surface area contributed by atoms with Crippen molar-refractivity contribution in [2.75, 3.05) is 26.1 Å². The van der Waals surface area contributed by atoms with Gasteiger partial charge in [0.25, 0.3) is 0 Å². The zero-order chi connectivity index (χ0) is 19.2. The van der Waals surface area contributed by atoms with Crippen LogP contribution in [0.25, 0.3) is 5.65 Å². The molecule has 0 atom stereocenters. The minimum atomic E-state index is -0.300. The van der Waals surface area contributed by atoms with Gasteiger partial charge in [-0.1, -0.05) is 0 Å². The molecule has 0 spiro atoms. The van der Waals surface area contributed by atoms with Crippen molar-refractivity contribution in [2.24, 2.45) is 0 Å². The molecule has 0 saturated carbocycles. The number of carbonyl (C=O) groups excluding carboxylic acids is 1. The molecule has 1 aromatic carbocycles. The van der Waals surface area contributed by atoms with Crippen LogP contribution < -0.4 is 14.8 Å². The van der Waals surface area contributed by atoms with Crippen molar-refractivity contribution in [3.8, 4) is 11.5 Å². The van der Waals surface area contributed by atoms with E-state index >= 15 is 0 Å². The second-order valence-electron chi connectivity index (χ2n) is 5.75. The van der Waals surface area contributed by atoms with E-state index < -0.39 is 0 Å². The van der Waals surface area contributed by atoms with Gasteiger partial charge in [0.05, 0.1) is 32.9 Å². The quantitative estimate of drug-likeness (QED) is 0.610. The Balaban J connectivity index is 1.79. The van der Waals surface area contributed by atoms with Gasteiger partial charge in [-0.2, -0.15) is 0 Å². The van der Waals surface area contributed by atoms with Crippen molar-refractivity contribution < 1.29 is 19.0 Å². The summed E-state index contributed by atoms with van der Waals surface area (Å²) in [6.45, 7) is 2.63. The maximum absolute atomic E-state index is 11.7. The molecule has 0 amide bonds. The van der Waals surface area contributed by atoms with Crippen molar-refractivity contribution in [3.63, 3.8) is 0 Å². The molecule has 3 aromatic rings. The first-order valence-corrected chi connectivity index (χ1v) is 8.57. The summed E-state index contributed by atoms with van der Waals surface area (Å²) in [5, 5.41) is 3.28. The molecule has 8 heteroatoms. The summed E-state index contributed by atoms with van der Waals surface area (Å²) in [5.41, 5.74) is 2.23. The molecule has 0 fully saturated rings. The van der Waals surface area contributed by atoms with Crippen molar-refractivity contribution in [1.29, 1.82) is 0 Å². The Bertz CT molecular complexity index is 939. The van der Waals surface area contributed by atoms with E-state index in [-0.39, 0.29) is 12.4 Å². The van der Waals surface area contributed by atoms with E-state index in [4.69, 9.17) is 14.2 Å². The molecular formula is C19H22N4O4. The van der Waals surface area contributed by atoms with Gasteiger partial charge in [-0.25, -0.2) is 9.97 Å². The zero-order valence-electron chi connectivity index (χ0n) is 15.6. The van der Waals surface area contributed by atoms with Crippen LogP contribution in [0.3, 0.4) is 0 Å². The summed E-state index contributed by atoms with van der Waals surface area (Å²) >= 11 is 0. The minimum Gasteiger partial charge on any atom is -0.497 e. The normalized spacial score (nSPS) is 10.6. The smallest absolute Gasteiger partial charge is 0.311 e. The van der Waals surface area contributed by atoms with Gasteiger partial charge in [-0.05, 0) is 19.1 Å². The number of esters is 1. The van der Waals surface area contributed by atoms with E-state index in [0.717, 1.165) is 17.1 Å². The van der Waals surface area contributed by atoms with Gasteiger partial charge in [0.2, 0.25) is 0 Å². The lowest BCUT2D eigenvalue weighted by molar-refractivity contribution is -0.142. The molecule has 0 saturated heterocycles. The number of methoxy groups -OCH3 is 2. The number of ether oxygens (including phenoxy) is 3. The van der Waals surface area contributed by atoms with Gasteiger partial charge in [-0.15, -0.1) is 0 Å². The van der Waals surface area contributed by atoms with Crippen LogP contribution in [0.4, 0.5) is 5.82 Å². The van der Waals surface area contributed by atoms with Crippen LogP contribution in [-0.4, -0.2) is 41.2 Å². The topological polar surface area (TPSA) is 87.0 Å². The van der Waals surface area contributed by atoms with Gasteiger partial charge in [-0.3, -0.25) is 4.79 Å². The number of rotatable bonds is 8. The summed E-state index contributed by atoms with van der Waals surface area (Å²) in [7, 11) is 3.23. The highest BCUT2D eigenvalue weighted by Crippen LogP contribution is 2.25. The summed E-state index contributed by atoms with van der Waals surface area (Å²) in [6, 6.07) is 5.64. The third-order valence-electron chi connectivity index (χ3n) is 4.00. The predicted molar refractivity (Wildman–Crippen MR) is 100 cm³/mol. The van der Waals surface area contributed by atoms with Crippen molar-refractivity contribution in [3.05, 3.63) is 48.0 Å². The van der Waals surface area contributed by atoms with Crippen LogP contribution in [-0.2, 0) is 22.5 Å². The van der Waals surface area contributed by atoms with Gasteiger partial charge in [0.1, 0.15) is 11.5 Å². The first-order valence-electron chi connectivity index (χ1n) is 8.57. The minimum absolute atomic E-state index is 0.126. The average Bonchev–Trinajstić information content (AvgIpc) is 3.09. The predicted octanol–water partition coefficient (Wildman–Crippen LogP) is 2.46. The van der Waals surface area contributed by atoms with Gasteiger partial charge < -0.3 is 23.9 Å². The van der Waals surface area contributed by atoms with Crippen LogP contribution in [0.5, 0.6) is 11.5 Å². The molecule has 0 aliphatic rings. The van der Waals surface area contributed by atoms with Crippen LogP contribution in [0.2, 0.25) is 0 Å². The van der Waals surface area contributed by atoms with E-state index in [2.05, 4.69) is 15.3 Å². The number of anilines is 1. The number of fused-ring (bicyclic) bond motifs is 1. The summed E-state index contributed by atoms with van der Waals surface area (Å²) < 4.78 is 17.4. The van der Waals surface area contributed by atoms with E-state index in [1.54, 1.807) is 39.7 Å². The molecule has 142 valence electrons. The van der Waals surface area contributed by atoms with E-state index in [9.17, 15) is 4.79 Å². The fourth-order valence-electron chi connectivity index (χ4n) is 2.72. The third kappa shape index (κ3) is 4.28. The molecule has 0 unspecified atom stereocenters. The first kappa shape index (κ1) is 18.5. The molecule has 0 bridgehead atoms. The van der Waals surface area contributed by atoms with Crippen LogP contribution in [0, 0.1) is 0 Å². The Labute approximate surface area is 157 Å². The molecule has 3 rings (SSSR count). The number of nitrogens with one attached hydrogen (secondary N) is 1. The first-order chi connectivity index (χ1) is 13.1. The highest BCUT2D eigenvalue weighted by molar-refractivity contribution is 5.73. The Hall–Kier alpha value is -3.29. The molecule has 0 aliphatic carbocycles. The van der Waals surface area contributed by atoms with Gasteiger partial charge >= 0.3 is 5.97 Å². The number of hydrogen-bond acceptors (Lipinski definition) is 7. The van der Waals surface area contributed by atoms with E-state index in [1.165, 1.54) is 0 Å². The molecule has 2 heterocycles. The number of hydrogen-bond donors (Lipinski definition) is 1. The number of nitrogens with zero attached hydrogens (tertiary/aromatic N) is 3. The molecule has 0 radical (unpaired) electrons. The van der Waals surface area contributed by atoms with Crippen molar-refractivity contribution in [1.82, 2.24) is 14.4 Å². The van der Waals surface area contributed by atoms with E-state index in [1.807, 2.05) is 22.6 Å². The number of imidazole rings is 1. The summed E-state index contributed by atoms with van der Waals surface area (Å²) in [4.78, 5) is 20.5. The zero-order valence-corrected chi connectivity index (χ0v) is 15.6. The molecule has 0 aliphatic heterocycles. The Kier molecular flexibility index (Phi) is 5.75. The lowest BCUT2D eigenvalue weighted by atomic mass is 10.2. The molecule has 1 N–H and O–H groups in total. The number of carbonyl (C=O) groups is 1. The fourth-order valence-corrected chi connectivity index (χ4v) is 2.72. The maximum atomic E-state index is 11.7. The lowest BCUT2D eigenvalue weighted by Crippen LogP contribution is -2.07. The maximum Gasteiger partial charge on any atom is 0.311 e. The van der Waals surface area contributed by atoms with Gasteiger partial charge in [0.15, 0.2) is 11.5 Å². The third-order valence-corrected chi connectivity index (χ3v) is 4.00. The molecule has 8 nitrogen and oxygen atoms in total. The van der Waals surface area contributed by atoms with Crippen molar-refractivity contribution >= 4 is 17.4 Å². The second kappa shape index (κ2) is 8.39. The molecular weight excluding hydrogens is 348 g/mol. The standard InChI is InChI=1S/C19H22N4O4/c1-4-27-17(24)9-14-12-23-8-7-20-18(19(23)22-14)21-11-13-5-6-15(25-2)10-16(13)26-3/h5-8,10,12H,4,9,11H2,1-3H3,(H,20,21). The fraction of sp³-hybridized carbons (Fsp3) is 0.316. The SMILES string of the molecule is CCOC(=O)Cc1cn2ccnc(NCc3ccc(OC)cc3OC)c2n1. The second-order valence-corrected chi connectivity index (χ2v) is 5.75. The number of aromatic nitrogens is 3. The van der Waals surface area contributed by atoms with Gasteiger partial charge in [0, 0.05) is 36.8 Å². The largest absolute Gasteiger partial charge is 0.497 e. The van der Waals surface area contributed by atoms with Crippen molar-refractivity contribution in [2.45, 2.75) is 19.9 Å². The van der Waals surface area contributed by atoms with Crippen LogP contribution in [0.15, 0.2) is 36.8 Å². The Morgan fingerprint density at radius 3 is 2.85 bits per heavy atom. The van der Waals surface area contributed by atoms with Crippen LogP contribution >= 0.6 is 0 Å². The Morgan fingerprint density at radius 1 is 1.26 bits per heavy atom. The summed E-state index contributed by atoms with van der Waals surface area (Å²) in [6.07, 6.45) is 5.39. The highest BCUT2D eigenvalue weighted by atomic mass is 16.5. The average molecular weight is 370 g/mol.